The van der Waals surface area contributed by atoms with Crippen LogP contribution in [0.25, 0.3) is 10.9 Å². The minimum absolute atomic E-state index is 0.105. The smallest absolute Gasteiger partial charge is 0.203 e. The summed E-state index contributed by atoms with van der Waals surface area (Å²) in [5.74, 6) is 1.92. The average Bonchev–Trinajstić information content (AvgIpc) is 2.87. The molecule has 0 bridgehead atoms. The summed E-state index contributed by atoms with van der Waals surface area (Å²) in [4.78, 5) is 4.46. The van der Waals surface area contributed by atoms with E-state index in [1.807, 2.05) is 36.5 Å². The van der Waals surface area contributed by atoms with Crippen LogP contribution in [0.2, 0.25) is 0 Å². The fraction of sp³-hybridized carbons (Fsp3) is 0.444. The Morgan fingerprint density at radius 3 is 2.85 bits per heavy atom. The number of ether oxygens (including phenoxy) is 3. The van der Waals surface area contributed by atoms with E-state index in [0.29, 0.717) is 30.7 Å². The predicted molar refractivity (Wildman–Crippen MR) is 130 cm³/mol. The van der Waals surface area contributed by atoms with E-state index in [0.717, 1.165) is 55.2 Å². The molecule has 5 rings (SSSR count). The van der Waals surface area contributed by atoms with Gasteiger partial charge in [0.15, 0.2) is 11.5 Å². The van der Waals surface area contributed by atoms with Crippen molar-refractivity contribution in [1.82, 2.24) is 10.3 Å². The maximum Gasteiger partial charge on any atom is 0.203 e. The molecule has 2 aromatic carbocycles. The second-order valence-corrected chi connectivity index (χ2v) is 9.42. The second kappa shape index (κ2) is 9.68. The normalized spacial score (nSPS) is 24.2. The highest BCUT2D eigenvalue weighted by Crippen LogP contribution is 2.39. The number of phenols is 1. The maximum atomic E-state index is 11.2. The van der Waals surface area contributed by atoms with Crippen LogP contribution in [-0.2, 0) is 6.42 Å². The van der Waals surface area contributed by atoms with Crippen molar-refractivity contribution in [2.75, 3.05) is 20.3 Å². The van der Waals surface area contributed by atoms with Gasteiger partial charge in [0.1, 0.15) is 18.5 Å². The number of aromatic hydroxyl groups is 1. The molecule has 2 heterocycles. The fourth-order valence-corrected chi connectivity index (χ4v) is 5.03. The molecule has 1 saturated carbocycles. The highest BCUT2D eigenvalue weighted by Gasteiger charge is 2.33. The first-order valence-electron chi connectivity index (χ1n) is 12.0. The molecule has 7 nitrogen and oxygen atoms in total. The minimum Gasteiger partial charge on any atom is -0.504 e. The molecule has 1 unspecified atom stereocenters. The summed E-state index contributed by atoms with van der Waals surface area (Å²) >= 11 is 0. The third kappa shape index (κ3) is 4.91. The Morgan fingerprint density at radius 1 is 1.18 bits per heavy atom. The van der Waals surface area contributed by atoms with Crippen molar-refractivity contribution in [3.63, 3.8) is 0 Å². The SMILES string of the molecule is COc1ccc2nccc(CCC3(O)CCC(NCC4COc5c(O)cccc5O4)CC3)c2c1. The molecule has 180 valence electrons. The van der Waals surface area contributed by atoms with Gasteiger partial charge in [-0.25, -0.2) is 0 Å². The van der Waals surface area contributed by atoms with Crippen molar-refractivity contribution in [1.29, 1.82) is 0 Å². The third-order valence-electron chi connectivity index (χ3n) is 7.11. The van der Waals surface area contributed by atoms with Gasteiger partial charge in [-0.05, 0) is 80.5 Å². The lowest BCUT2D eigenvalue weighted by atomic mass is 9.78. The molecule has 1 atom stereocenters. The number of hydrogen-bond acceptors (Lipinski definition) is 7. The Hall–Kier alpha value is -3.03. The van der Waals surface area contributed by atoms with E-state index in [1.165, 1.54) is 5.56 Å². The van der Waals surface area contributed by atoms with Crippen molar-refractivity contribution in [2.45, 2.75) is 56.3 Å². The molecule has 3 N–H and O–H groups in total. The lowest BCUT2D eigenvalue weighted by Crippen LogP contribution is -2.46. The standard InChI is InChI=1S/C27H32N2O5/c1-32-20-5-6-23-22(15-20)18(10-14-28-23)7-11-27(31)12-8-19(9-13-27)29-16-21-17-33-26-24(30)3-2-4-25(26)34-21/h2-6,10,14-15,19,21,29-31H,7-9,11-13,16-17H2,1H3. The molecule has 7 heteroatoms. The van der Waals surface area contributed by atoms with Gasteiger partial charge < -0.3 is 29.7 Å². The number of pyridine rings is 1. The van der Waals surface area contributed by atoms with Gasteiger partial charge in [-0.15, -0.1) is 0 Å². The van der Waals surface area contributed by atoms with E-state index in [2.05, 4.69) is 10.3 Å². The van der Waals surface area contributed by atoms with E-state index < -0.39 is 5.60 Å². The molecule has 3 aromatic rings. The summed E-state index contributed by atoms with van der Waals surface area (Å²) in [5.41, 5.74) is 1.50. The van der Waals surface area contributed by atoms with Crippen LogP contribution in [0.15, 0.2) is 48.7 Å². The number of benzene rings is 2. The van der Waals surface area contributed by atoms with Gasteiger partial charge in [-0.3, -0.25) is 4.98 Å². The quantitative estimate of drug-likeness (QED) is 0.487. The van der Waals surface area contributed by atoms with Crippen LogP contribution in [0.5, 0.6) is 23.0 Å². The number of para-hydroxylation sites is 1. The summed E-state index contributed by atoms with van der Waals surface area (Å²) in [6.07, 6.45) is 6.67. The lowest BCUT2D eigenvalue weighted by Gasteiger charge is -2.37. The van der Waals surface area contributed by atoms with Crippen LogP contribution in [0.3, 0.4) is 0 Å². The number of aromatic nitrogens is 1. The Labute approximate surface area is 199 Å². The molecule has 1 aliphatic heterocycles. The third-order valence-corrected chi connectivity index (χ3v) is 7.11. The Morgan fingerprint density at radius 2 is 2.03 bits per heavy atom. The molecule has 0 amide bonds. The average molecular weight is 465 g/mol. The Kier molecular flexibility index (Phi) is 6.48. The fourth-order valence-electron chi connectivity index (χ4n) is 5.03. The van der Waals surface area contributed by atoms with Crippen LogP contribution in [0, 0.1) is 0 Å². The summed E-state index contributed by atoms with van der Waals surface area (Å²) in [5, 5.41) is 25.8. The number of phenolic OH excluding ortho intramolecular Hbond substituents is 1. The summed E-state index contributed by atoms with van der Waals surface area (Å²) in [7, 11) is 1.67. The van der Waals surface area contributed by atoms with E-state index in [1.54, 1.807) is 19.2 Å². The molecule has 0 saturated heterocycles. The van der Waals surface area contributed by atoms with Gasteiger partial charge in [0.25, 0.3) is 0 Å². The van der Waals surface area contributed by atoms with Gasteiger partial charge in [0, 0.05) is 24.2 Å². The first kappa shape index (κ1) is 22.7. The number of aryl methyl sites for hydroxylation is 1. The van der Waals surface area contributed by atoms with Crippen LogP contribution < -0.4 is 19.5 Å². The number of hydrogen-bond donors (Lipinski definition) is 3. The topological polar surface area (TPSA) is 93.1 Å². The second-order valence-electron chi connectivity index (χ2n) is 9.42. The van der Waals surface area contributed by atoms with Crippen LogP contribution in [0.1, 0.15) is 37.7 Å². The zero-order valence-corrected chi connectivity index (χ0v) is 19.5. The van der Waals surface area contributed by atoms with Gasteiger partial charge in [0.2, 0.25) is 5.75 Å². The molecule has 1 fully saturated rings. The molecule has 34 heavy (non-hydrogen) atoms. The molecule has 0 spiro atoms. The van der Waals surface area contributed by atoms with E-state index >= 15 is 0 Å². The monoisotopic (exact) mass is 464 g/mol. The van der Waals surface area contributed by atoms with Crippen molar-refractivity contribution in [2.24, 2.45) is 0 Å². The number of fused-ring (bicyclic) bond motifs is 2. The number of rotatable bonds is 7. The summed E-state index contributed by atoms with van der Waals surface area (Å²) in [6, 6.07) is 13.5. The highest BCUT2D eigenvalue weighted by molar-refractivity contribution is 5.83. The largest absolute Gasteiger partial charge is 0.504 e. The van der Waals surface area contributed by atoms with Gasteiger partial charge in [0.05, 0.1) is 18.2 Å². The van der Waals surface area contributed by atoms with E-state index in [9.17, 15) is 10.2 Å². The summed E-state index contributed by atoms with van der Waals surface area (Å²) < 4.78 is 17.0. The van der Waals surface area contributed by atoms with Crippen molar-refractivity contribution >= 4 is 10.9 Å². The van der Waals surface area contributed by atoms with Gasteiger partial charge >= 0.3 is 0 Å². The molecule has 1 aromatic heterocycles. The maximum absolute atomic E-state index is 11.2. The molecule has 0 radical (unpaired) electrons. The number of methoxy groups -OCH3 is 1. The Balaban J connectivity index is 1.12. The Bertz CT molecular complexity index is 1140. The first-order chi connectivity index (χ1) is 16.5. The summed E-state index contributed by atoms with van der Waals surface area (Å²) in [6.45, 7) is 1.07. The molecule has 1 aliphatic carbocycles. The first-order valence-corrected chi connectivity index (χ1v) is 12.0. The molecular weight excluding hydrogens is 432 g/mol. The number of nitrogens with one attached hydrogen (secondary N) is 1. The lowest BCUT2D eigenvalue weighted by molar-refractivity contribution is -0.0120. The van der Waals surface area contributed by atoms with Gasteiger partial charge in [-0.2, -0.15) is 0 Å². The molecule has 2 aliphatic rings. The number of aliphatic hydroxyl groups is 1. The highest BCUT2D eigenvalue weighted by atomic mass is 16.6. The zero-order chi connectivity index (χ0) is 23.5. The van der Waals surface area contributed by atoms with Crippen molar-refractivity contribution < 1.29 is 24.4 Å². The van der Waals surface area contributed by atoms with E-state index in [4.69, 9.17) is 14.2 Å². The van der Waals surface area contributed by atoms with Crippen LogP contribution in [-0.4, -0.2) is 53.2 Å². The number of nitrogens with zero attached hydrogens (tertiary/aromatic N) is 1. The van der Waals surface area contributed by atoms with E-state index in [-0.39, 0.29) is 11.9 Å². The van der Waals surface area contributed by atoms with Crippen molar-refractivity contribution in [3.05, 3.63) is 54.2 Å². The molecular formula is C27H32N2O5. The zero-order valence-electron chi connectivity index (χ0n) is 19.5. The van der Waals surface area contributed by atoms with Crippen LogP contribution in [0.4, 0.5) is 0 Å². The van der Waals surface area contributed by atoms with Crippen LogP contribution >= 0.6 is 0 Å². The van der Waals surface area contributed by atoms with Crippen molar-refractivity contribution in [3.8, 4) is 23.0 Å². The minimum atomic E-state index is -0.645. The predicted octanol–water partition coefficient (Wildman–Crippen LogP) is 3.98. The van der Waals surface area contributed by atoms with Gasteiger partial charge in [-0.1, -0.05) is 6.07 Å².